The fourth-order valence-corrected chi connectivity index (χ4v) is 3.87. The van der Waals surface area contributed by atoms with Crippen LogP contribution in [0.2, 0.25) is 0 Å². The van der Waals surface area contributed by atoms with Crippen LogP contribution in [0.25, 0.3) is 11.1 Å². The Morgan fingerprint density at radius 3 is 1.50 bits per heavy atom. The van der Waals surface area contributed by atoms with Gasteiger partial charge in [0.1, 0.15) is 0 Å². The van der Waals surface area contributed by atoms with Crippen molar-refractivity contribution in [2.45, 2.75) is 65.2 Å². The quantitative estimate of drug-likeness (QED) is 0.298. The first kappa shape index (κ1) is 22.2. The minimum absolute atomic E-state index is 0.454. The molecule has 0 aromatic heterocycles. The van der Waals surface area contributed by atoms with E-state index >= 15 is 0 Å². The molecule has 0 saturated heterocycles. The Balaban J connectivity index is 1.60. The zero-order valence-electron chi connectivity index (χ0n) is 18.2. The zero-order chi connectivity index (χ0) is 21.3. The highest BCUT2D eigenvalue weighted by Gasteiger charge is 2.12. The van der Waals surface area contributed by atoms with Crippen molar-refractivity contribution in [3.05, 3.63) is 94.6 Å². The molecular weight excluding hydrogens is 374 g/mol. The molecule has 0 aliphatic carbocycles. The van der Waals surface area contributed by atoms with Crippen LogP contribution in [0.4, 0.5) is 8.78 Å². The molecule has 3 aromatic rings. The molecule has 0 amide bonds. The monoisotopic (exact) mass is 406 g/mol. The summed E-state index contributed by atoms with van der Waals surface area (Å²) in [6, 6.07) is 20.7. The normalized spacial score (nSPS) is 11.1. The molecule has 0 heterocycles. The van der Waals surface area contributed by atoms with Crippen LogP contribution in [-0.2, 0) is 25.7 Å². The van der Waals surface area contributed by atoms with Crippen LogP contribution in [0.5, 0.6) is 0 Å². The van der Waals surface area contributed by atoms with Crippen LogP contribution >= 0.6 is 0 Å². The first-order valence-corrected chi connectivity index (χ1v) is 11.3. The van der Waals surface area contributed by atoms with Gasteiger partial charge in [0, 0.05) is 0 Å². The van der Waals surface area contributed by atoms with E-state index in [0.717, 1.165) is 18.4 Å². The second-order valence-corrected chi connectivity index (χ2v) is 8.11. The van der Waals surface area contributed by atoms with Gasteiger partial charge in [0.05, 0.1) is 0 Å². The topological polar surface area (TPSA) is 0 Å². The lowest BCUT2D eigenvalue weighted by Gasteiger charge is -2.09. The molecule has 0 nitrogen and oxygen atoms in total. The SMILES string of the molecule is CCCCCc1ccc(-c2ccc(CCc3ccc(CCC)c(F)c3F)cc2)cc1. The van der Waals surface area contributed by atoms with E-state index in [0.29, 0.717) is 30.4 Å². The Bertz CT molecular complexity index is 924. The molecule has 3 rings (SSSR count). The summed E-state index contributed by atoms with van der Waals surface area (Å²) in [5.41, 5.74) is 5.84. The van der Waals surface area contributed by atoms with Gasteiger partial charge in [-0.15, -0.1) is 0 Å². The molecule has 2 heteroatoms. The van der Waals surface area contributed by atoms with Gasteiger partial charge in [0.2, 0.25) is 0 Å². The fraction of sp³-hybridized carbons (Fsp3) is 0.357. The molecule has 30 heavy (non-hydrogen) atoms. The molecule has 0 atom stereocenters. The summed E-state index contributed by atoms with van der Waals surface area (Å²) in [5.74, 6) is -1.36. The highest BCUT2D eigenvalue weighted by Crippen LogP contribution is 2.23. The smallest absolute Gasteiger partial charge is 0.162 e. The van der Waals surface area contributed by atoms with E-state index in [-0.39, 0.29) is 0 Å². The summed E-state index contributed by atoms with van der Waals surface area (Å²) >= 11 is 0. The molecule has 0 radical (unpaired) electrons. The zero-order valence-corrected chi connectivity index (χ0v) is 18.2. The van der Waals surface area contributed by atoms with E-state index in [1.807, 2.05) is 6.92 Å². The highest BCUT2D eigenvalue weighted by molar-refractivity contribution is 5.64. The van der Waals surface area contributed by atoms with Crippen molar-refractivity contribution in [2.75, 3.05) is 0 Å². The maximum Gasteiger partial charge on any atom is 0.162 e. The van der Waals surface area contributed by atoms with Gasteiger partial charge in [-0.05, 0) is 65.5 Å². The Morgan fingerprint density at radius 2 is 1.00 bits per heavy atom. The lowest BCUT2D eigenvalue weighted by Crippen LogP contribution is -2.01. The fourth-order valence-electron chi connectivity index (χ4n) is 3.87. The molecule has 0 saturated carbocycles. The van der Waals surface area contributed by atoms with Crippen molar-refractivity contribution >= 4 is 0 Å². The largest absolute Gasteiger partial charge is 0.203 e. The van der Waals surface area contributed by atoms with Crippen molar-refractivity contribution in [1.82, 2.24) is 0 Å². The number of hydrogen-bond donors (Lipinski definition) is 0. The minimum atomic E-state index is -0.684. The molecular formula is C28H32F2. The maximum atomic E-state index is 14.3. The minimum Gasteiger partial charge on any atom is -0.203 e. The molecule has 0 spiro atoms. The summed E-state index contributed by atoms with van der Waals surface area (Å²) in [7, 11) is 0. The summed E-state index contributed by atoms with van der Waals surface area (Å²) in [6.45, 7) is 4.20. The molecule has 0 aliphatic heterocycles. The molecule has 0 unspecified atom stereocenters. The van der Waals surface area contributed by atoms with Gasteiger partial charge in [0.15, 0.2) is 11.6 Å². The van der Waals surface area contributed by atoms with Crippen LogP contribution in [0, 0.1) is 11.6 Å². The number of unbranched alkanes of at least 4 members (excludes halogenated alkanes) is 2. The average molecular weight is 407 g/mol. The van der Waals surface area contributed by atoms with Gasteiger partial charge in [-0.2, -0.15) is 0 Å². The van der Waals surface area contributed by atoms with Gasteiger partial charge in [-0.3, -0.25) is 0 Å². The summed E-state index contributed by atoms with van der Waals surface area (Å²) < 4.78 is 28.5. The van der Waals surface area contributed by atoms with Crippen LogP contribution in [0.3, 0.4) is 0 Å². The number of benzene rings is 3. The highest BCUT2D eigenvalue weighted by atomic mass is 19.2. The summed E-state index contributed by atoms with van der Waals surface area (Å²) in [5, 5.41) is 0. The molecule has 0 bridgehead atoms. The molecule has 0 N–H and O–H groups in total. The third-order valence-corrected chi connectivity index (χ3v) is 5.75. The van der Waals surface area contributed by atoms with E-state index in [1.54, 1.807) is 12.1 Å². The number of rotatable bonds is 10. The van der Waals surface area contributed by atoms with E-state index in [1.165, 1.54) is 36.0 Å². The first-order chi connectivity index (χ1) is 14.6. The second-order valence-electron chi connectivity index (χ2n) is 8.11. The maximum absolute atomic E-state index is 14.3. The Kier molecular flexibility index (Phi) is 8.19. The molecule has 3 aromatic carbocycles. The van der Waals surface area contributed by atoms with Crippen molar-refractivity contribution in [2.24, 2.45) is 0 Å². The third-order valence-electron chi connectivity index (χ3n) is 5.75. The first-order valence-electron chi connectivity index (χ1n) is 11.3. The van der Waals surface area contributed by atoms with Crippen LogP contribution in [0.1, 0.15) is 61.8 Å². The van der Waals surface area contributed by atoms with E-state index in [4.69, 9.17) is 0 Å². The Labute approximate surface area is 180 Å². The van der Waals surface area contributed by atoms with Gasteiger partial charge in [-0.25, -0.2) is 8.78 Å². The van der Waals surface area contributed by atoms with E-state index in [2.05, 4.69) is 55.5 Å². The van der Waals surface area contributed by atoms with Crippen molar-refractivity contribution < 1.29 is 8.78 Å². The lowest BCUT2D eigenvalue weighted by atomic mass is 9.98. The summed E-state index contributed by atoms with van der Waals surface area (Å²) in [4.78, 5) is 0. The van der Waals surface area contributed by atoms with Gasteiger partial charge in [-0.1, -0.05) is 93.8 Å². The predicted molar refractivity (Wildman–Crippen MR) is 123 cm³/mol. The predicted octanol–water partition coefficient (Wildman–Crippen LogP) is 8.10. The van der Waals surface area contributed by atoms with Crippen molar-refractivity contribution in [3.63, 3.8) is 0 Å². The molecule has 0 aliphatic rings. The number of halogens is 2. The van der Waals surface area contributed by atoms with Crippen LogP contribution in [0.15, 0.2) is 60.7 Å². The molecule has 0 fully saturated rings. The van der Waals surface area contributed by atoms with Crippen molar-refractivity contribution in [3.8, 4) is 11.1 Å². The van der Waals surface area contributed by atoms with E-state index in [9.17, 15) is 8.78 Å². The number of aryl methyl sites for hydroxylation is 4. The van der Waals surface area contributed by atoms with E-state index < -0.39 is 11.6 Å². The van der Waals surface area contributed by atoms with Crippen molar-refractivity contribution in [1.29, 1.82) is 0 Å². The van der Waals surface area contributed by atoms with Gasteiger partial charge < -0.3 is 0 Å². The lowest BCUT2D eigenvalue weighted by molar-refractivity contribution is 0.488. The second kappa shape index (κ2) is 11.1. The Hall–Kier alpha value is -2.48. The molecule has 158 valence electrons. The Morgan fingerprint density at radius 1 is 0.500 bits per heavy atom. The van der Waals surface area contributed by atoms with Gasteiger partial charge in [0.25, 0.3) is 0 Å². The number of hydrogen-bond acceptors (Lipinski definition) is 0. The summed E-state index contributed by atoms with van der Waals surface area (Å²) in [6.07, 6.45) is 7.49. The van der Waals surface area contributed by atoms with Gasteiger partial charge >= 0.3 is 0 Å². The van der Waals surface area contributed by atoms with Crippen LogP contribution < -0.4 is 0 Å². The standard InChI is InChI=1S/C28H32F2/c1-3-5-6-8-21-9-14-23(15-10-21)24-16-11-22(12-17-24)13-18-26-20-19-25(7-4-2)27(29)28(26)30/h9-12,14-17,19-20H,3-8,13,18H2,1-2H3. The third kappa shape index (κ3) is 5.78. The average Bonchev–Trinajstić information content (AvgIpc) is 2.78. The van der Waals surface area contributed by atoms with Crippen LogP contribution in [-0.4, -0.2) is 0 Å².